The smallest absolute Gasteiger partial charge is 0.264 e. The van der Waals surface area contributed by atoms with Crippen molar-refractivity contribution < 1.29 is 8.78 Å². The summed E-state index contributed by atoms with van der Waals surface area (Å²) in [6, 6.07) is 5.47. The molecule has 0 saturated carbocycles. The van der Waals surface area contributed by atoms with Gasteiger partial charge in [-0.3, -0.25) is 0 Å². The van der Waals surface area contributed by atoms with E-state index < -0.39 is 6.43 Å². The lowest BCUT2D eigenvalue weighted by Gasteiger charge is -2.23. The van der Waals surface area contributed by atoms with Gasteiger partial charge in [0.2, 0.25) is 0 Å². The SMILES string of the molecule is Cc1ccc(C2CCCNC2)cc1C(F)F. The van der Waals surface area contributed by atoms with Crippen molar-refractivity contribution in [1.29, 1.82) is 0 Å². The molecule has 1 aliphatic heterocycles. The van der Waals surface area contributed by atoms with Crippen LogP contribution in [0.25, 0.3) is 0 Å². The Kier molecular flexibility index (Phi) is 3.54. The first-order valence-electron chi connectivity index (χ1n) is 5.78. The van der Waals surface area contributed by atoms with Gasteiger partial charge in [-0.15, -0.1) is 0 Å². The quantitative estimate of drug-likeness (QED) is 0.813. The molecule has 0 aromatic heterocycles. The Morgan fingerprint density at radius 3 is 2.81 bits per heavy atom. The van der Waals surface area contributed by atoms with Gasteiger partial charge in [0, 0.05) is 12.1 Å². The maximum Gasteiger partial charge on any atom is 0.264 e. The molecule has 1 unspecified atom stereocenters. The van der Waals surface area contributed by atoms with Gasteiger partial charge in [-0.25, -0.2) is 8.78 Å². The van der Waals surface area contributed by atoms with Crippen LogP contribution in [0, 0.1) is 6.92 Å². The van der Waals surface area contributed by atoms with Gasteiger partial charge in [0.1, 0.15) is 0 Å². The van der Waals surface area contributed by atoms with E-state index in [1.807, 2.05) is 12.1 Å². The van der Waals surface area contributed by atoms with Crippen molar-refractivity contribution in [3.05, 3.63) is 34.9 Å². The monoisotopic (exact) mass is 225 g/mol. The molecular weight excluding hydrogens is 208 g/mol. The predicted octanol–water partition coefficient (Wildman–Crippen LogP) is 3.40. The van der Waals surface area contributed by atoms with Gasteiger partial charge >= 0.3 is 0 Å². The zero-order valence-electron chi connectivity index (χ0n) is 9.47. The number of hydrogen-bond acceptors (Lipinski definition) is 1. The molecular formula is C13H17F2N. The summed E-state index contributed by atoms with van der Waals surface area (Å²) in [5.41, 5.74) is 1.92. The summed E-state index contributed by atoms with van der Waals surface area (Å²) >= 11 is 0. The first-order valence-corrected chi connectivity index (χ1v) is 5.78. The van der Waals surface area contributed by atoms with Crippen LogP contribution in [0.4, 0.5) is 8.78 Å². The molecule has 0 radical (unpaired) electrons. The van der Waals surface area contributed by atoms with Crippen molar-refractivity contribution in [3.8, 4) is 0 Å². The minimum absolute atomic E-state index is 0.183. The largest absolute Gasteiger partial charge is 0.316 e. The summed E-state index contributed by atoms with van der Waals surface area (Å²) in [6.07, 6.45) is -0.141. The Balaban J connectivity index is 2.24. The molecule has 0 aliphatic carbocycles. The third-order valence-electron chi connectivity index (χ3n) is 3.31. The standard InChI is InChI=1S/C13H17F2N/c1-9-4-5-10(7-12(9)13(14)15)11-3-2-6-16-8-11/h4-5,7,11,13,16H,2-3,6,8H2,1H3. The minimum atomic E-state index is -2.36. The van der Waals surface area contributed by atoms with Crippen molar-refractivity contribution in [1.82, 2.24) is 5.32 Å². The zero-order chi connectivity index (χ0) is 11.5. The lowest BCUT2D eigenvalue weighted by Crippen LogP contribution is -2.28. The molecule has 0 amide bonds. The van der Waals surface area contributed by atoms with Crippen LogP contribution < -0.4 is 5.32 Å². The molecule has 3 heteroatoms. The number of hydrogen-bond donors (Lipinski definition) is 1. The van der Waals surface area contributed by atoms with Crippen LogP contribution in [0.1, 0.15) is 41.9 Å². The van der Waals surface area contributed by atoms with Crippen molar-refractivity contribution >= 4 is 0 Å². The second-order valence-electron chi connectivity index (χ2n) is 4.46. The Morgan fingerprint density at radius 1 is 1.38 bits per heavy atom. The van der Waals surface area contributed by atoms with E-state index in [1.54, 1.807) is 13.0 Å². The number of aryl methyl sites for hydroxylation is 1. The summed E-state index contributed by atoms with van der Waals surface area (Å²) in [5.74, 6) is 0.395. The first-order chi connectivity index (χ1) is 7.68. The van der Waals surface area contributed by atoms with Crippen LogP contribution in [-0.4, -0.2) is 13.1 Å². The minimum Gasteiger partial charge on any atom is -0.316 e. The van der Waals surface area contributed by atoms with Crippen molar-refractivity contribution in [2.75, 3.05) is 13.1 Å². The number of halogens is 2. The van der Waals surface area contributed by atoms with Crippen LogP contribution in [-0.2, 0) is 0 Å². The average molecular weight is 225 g/mol. The number of rotatable bonds is 2. The number of piperidine rings is 1. The Labute approximate surface area is 94.9 Å². The van der Waals surface area contributed by atoms with E-state index in [9.17, 15) is 8.78 Å². The molecule has 1 N–H and O–H groups in total. The normalized spacial score (nSPS) is 21.4. The first kappa shape index (κ1) is 11.5. The summed E-state index contributed by atoms with van der Waals surface area (Å²) in [5, 5.41) is 3.31. The number of alkyl halides is 2. The zero-order valence-corrected chi connectivity index (χ0v) is 9.47. The van der Waals surface area contributed by atoms with Gasteiger partial charge < -0.3 is 5.32 Å². The maximum absolute atomic E-state index is 12.8. The van der Waals surface area contributed by atoms with Crippen molar-refractivity contribution in [2.45, 2.75) is 32.1 Å². The van der Waals surface area contributed by atoms with Gasteiger partial charge in [0.15, 0.2) is 0 Å². The van der Waals surface area contributed by atoms with Gasteiger partial charge in [-0.1, -0.05) is 12.1 Å². The molecule has 1 atom stereocenters. The number of benzene rings is 1. The molecule has 1 heterocycles. The van der Waals surface area contributed by atoms with Gasteiger partial charge in [-0.05, 0) is 49.4 Å². The summed E-state index contributed by atoms with van der Waals surface area (Å²) in [6.45, 7) is 3.69. The number of nitrogens with one attached hydrogen (secondary N) is 1. The predicted molar refractivity (Wildman–Crippen MR) is 61.0 cm³/mol. The van der Waals surface area contributed by atoms with Crippen LogP contribution in [0.3, 0.4) is 0 Å². The van der Waals surface area contributed by atoms with Gasteiger partial charge in [0.25, 0.3) is 6.43 Å². The van der Waals surface area contributed by atoms with Gasteiger partial charge in [0.05, 0.1) is 0 Å². The molecule has 1 nitrogen and oxygen atoms in total. The van der Waals surface area contributed by atoms with E-state index in [1.165, 1.54) is 0 Å². The highest BCUT2D eigenvalue weighted by atomic mass is 19.3. The van der Waals surface area contributed by atoms with Crippen molar-refractivity contribution in [3.63, 3.8) is 0 Å². The van der Waals surface area contributed by atoms with E-state index in [0.29, 0.717) is 11.5 Å². The fourth-order valence-electron chi connectivity index (χ4n) is 2.28. The summed E-state index contributed by atoms with van der Waals surface area (Å²) in [4.78, 5) is 0. The van der Waals surface area contributed by atoms with E-state index in [4.69, 9.17) is 0 Å². The highest BCUT2D eigenvalue weighted by Crippen LogP contribution is 2.29. The average Bonchev–Trinajstić information content (AvgIpc) is 2.30. The summed E-state index contributed by atoms with van der Waals surface area (Å²) in [7, 11) is 0. The van der Waals surface area contributed by atoms with Crippen LogP contribution in [0.5, 0.6) is 0 Å². The molecule has 1 aliphatic rings. The van der Waals surface area contributed by atoms with Gasteiger partial charge in [-0.2, -0.15) is 0 Å². The highest BCUT2D eigenvalue weighted by Gasteiger charge is 2.18. The summed E-state index contributed by atoms with van der Waals surface area (Å²) < 4.78 is 25.5. The van der Waals surface area contributed by atoms with E-state index in [2.05, 4.69) is 5.32 Å². The third-order valence-corrected chi connectivity index (χ3v) is 3.31. The molecule has 16 heavy (non-hydrogen) atoms. The highest BCUT2D eigenvalue weighted by molar-refractivity contribution is 5.34. The molecule has 0 spiro atoms. The van der Waals surface area contributed by atoms with E-state index >= 15 is 0 Å². The van der Waals surface area contributed by atoms with Crippen LogP contribution in [0.2, 0.25) is 0 Å². The second-order valence-corrected chi connectivity index (χ2v) is 4.46. The molecule has 1 saturated heterocycles. The lowest BCUT2D eigenvalue weighted by atomic mass is 9.89. The molecule has 1 aromatic carbocycles. The fraction of sp³-hybridized carbons (Fsp3) is 0.538. The molecule has 1 fully saturated rings. The van der Waals surface area contributed by atoms with E-state index in [0.717, 1.165) is 31.5 Å². The van der Waals surface area contributed by atoms with Crippen molar-refractivity contribution in [2.24, 2.45) is 0 Å². The Hall–Kier alpha value is -0.960. The van der Waals surface area contributed by atoms with E-state index in [-0.39, 0.29) is 5.56 Å². The second kappa shape index (κ2) is 4.91. The maximum atomic E-state index is 12.8. The molecule has 1 aromatic rings. The molecule has 0 bridgehead atoms. The fourth-order valence-corrected chi connectivity index (χ4v) is 2.28. The lowest BCUT2D eigenvalue weighted by molar-refractivity contribution is 0.150. The molecule has 2 rings (SSSR count). The Morgan fingerprint density at radius 2 is 2.19 bits per heavy atom. The Bertz CT molecular complexity index is 357. The third kappa shape index (κ3) is 2.40. The topological polar surface area (TPSA) is 12.0 Å². The van der Waals surface area contributed by atoms with Crippen LogP contribution >= 0.6 is 0 Å². The molecule has 88 valence electrons. The van der Waals surface area contributed by atoms with Crippen LogP contribution in [0.15, 0.2) is 18.2 Å².